The van der Waals surface area contributed by atoms with Gasteiger partial charge < -0.3 is 24.3 Å². The number of ether oxygens (including phenoxy) is 1. The zero-order valence-electron chi connectivity index (χ0n) is 21.6. The van der Waals surface area contributed by atoms with E-state index in [9.17, 15) is 9.59 Å². The Balaban J connectivity index is 1.45. The molecule has 4 rings (SSSR count). The van der Waals surface area contributed by atoms with Crippen LogP contribution in [0.4, 0.5) is 10.6 Å². The number of aromatic nitrogens is 1. The molecule has 1 aromatic carbocycles. The van der Waals surface area contributed by atoms with Crippen LogP contribution in [0.5, 0.6) is 0 Å². The Morgan fingerprint density at radius 1 is 1.28 bits per heavy atom. The van der Waals surface area contributed by atoms with Crippen LogP contribution in [-0.4, -0.2) is 52.5 Å². The van der Waals surface area contributed by atoms with Gasteiger partial charge in [-0.15, -0.1) is 0 Å². The molecule has 0 unspecified atom stereocenters. The number of hydrogen-bond acceptors (Lipinski definition) is 6. The third-order valence-corrected chi connectivity index (χ3v) is 6.02. The second-order valence-electron chi connectivity index (χ2n) is 10.1. The molecule has 36 heavy (non-hydrogen) atoms. The number of pyridine rings is 1. The molecule has 3 aromatic rings. The van der Waals surface area contributed by atoms with E-state index in [4.69, 9.17) is 9.15 Å². The van der Waals surface area contributed by atoms with E-state index < -0.39 is 5.60 Å². The van der Waals surface area contributed by atoms with Crippen molar-refractivity contribution in [1.82, 2.24) is 14.8 Å². The zero-order valence-corrected chi connectivity index (χ0v) is 21.6. The molecule has 0 fully saturated rings. The summed E-state index contributed by atoms with van der Waals surface area (Å²) in [4.78, 5) is 33.3. The highest BCUT2D eigenvalue weighted by Gasteiger charge is 2.24. The number of amides is 2. The van der Waals surface area contributed by atoms with E-state index in [1.807, 2.05) is 58.0 Å². The van der Waals surface area contributed by atoms with Crippen molar-refractivity contribution in [3.05, 3.63) is 65.1 Å². The van der Waals surface area contributed by atoms with Crippen molar-refractivity contribution in [2.24, 2.45) is 0 Å². The van der Waals surface area contributed by atoms with Gasteiger partial charge >= 0.3 is 6.09 Å². The number of para-hydroxylation sites is 1. The fourth-order valence-corrected chi connectivity index (χ4v) is 4.11. The lowest BCUT2D eigenvalue weighted by molar-refractivity contribution is -0.125. The van der Waals surface area contributed by atoms with Gasteiger partial charge in [-0.1, -0.05) is 18.2 Å². The highest BCUT2D eigenvalue weighted by atomic mass is 16.6. The van der Waals surface area contributed by atoms with Gasteiger partial charge in [-0.2, -0.15) is 0 Å². The predicted octanol–water partition coefficient (Wildman–Crippen LogP) is 5.36. The van der Waals surface area contributed by atoms with Crippen LogP contribution in [0.1, 0.15) is 49.6 Å². The Kier molecular flexibility index (Phi) is 7.33. The first-order valence-corrected chi connectivity index (χ1v) is 12.2. The SMILES string of the molecule is Cc1c(CN(C)C(=O)C=Cc2cnc3c(c2)CN(C(=O)OC(C)(C)C)CCCN3)oc2ccccc12. The number of fused-ring (bicyclic) bond motifs is 2. The molecule has 190 valence electrons. The summed E-state index contributed by atoms with van der Waals surface area (Å²) in [5.41, 5.74) is 2.96. The van der Waals surface area contributed by atoms with Crippen LogP contribution >= 0.6 is 0 Å². The van der Waals surface area contributed by atoms with Gasteiger partial charge in [-0.3, -0.25) is 4.79 Å². The average molecular weight is 491 g/mol. The predicted molar refractivity (Wildman–Crippen MR) is 140 cm³/mol. The molecule has 2 aromatic heterocycles. The maximum absolute atomic E-state index is 12.8. The van der Waals surface area contributed by atoms with Crippen molar-refractivity contribution in [2.75, 3.05) is 25.5 Å². The fraction of sp³-hybridized carbons (Fsp3) is 0.393. The minimum Gasteiger partial charge on any atom is -0.459 e. The Labute approximate surface area is 211 Å². The standard InChI is InChI=1S/C28H34N4O4/c1-19-22-9-6-7-10-23(22)35-24(19)18-31(5)25(33)12-11-20-15-21-17-32(27(34)36-28(2,3)4)14-8-13-29-26(21)30-16-20/h6-7,9-12,15-16H,8,13-14,17-18H2,1-5H3,(H,29,30). The molecule has 8 heteroatoms. The second kappa shape index (κ2) is 10.4. The quantitative estimate of drug-likeness (QED) is 0.496. The van der Waals surface area contributed by atoms with Crippen LogP contribution in [0.15, 0.2) is 47.0 Å². The van der Waals surface area contributed by atoms with Crippen molar-refractivity contribution in [2.45, 2.75) is 52.8 Å². The van der Waals surface area contributed by atoms with E-state index in [0.29, 0.717) is 26.2 Å². The summed E-state index contributed by atoms with van der Waals surface area (Å²) in [6.45, 7) is 9.64. The van der Waals surface area contributed by atoms with Gasteiger partial charge in [0.25, 0.3) is 0 Å². The molecule has 0 aliphatic carbocycles. The molecule has 0 radical (unpaired) electrons. The number of aryl methyl sites for hydroxylation is 1. The Hall–Kier alpha value is -3.81. The highest BCUT2D eigenvalue weighted by Crippen LogP contribution is 2.26. The first kappa shape index (κ1) is 25.3. The molecule has 1 aliphatic heterocycles. The van der Waals surface area contributed by atoms with Crippen molar-refractivity contribution in [3.63, 3.8) is 0 Å². The first-order chi connectivity index (χ1) is 17.1. The number of hydrogen-bond donors (Lipinski definition) is 1. The molecule has 1 N–H and O–H groups in total. The maximum Gasteiger partial charge on any atom is 0.410 e. The van der Waals surface area contributed by atoms with E-state index in [-0.39, 0.29) is 12.0 Å². The van der Waals surface area contributed by atoms with Gasteiger partial charge in [0, 0.05) is 48.9 Å². The number of rotatable bonds is 4. The average Bonchev–Trinajstić information content (AvgIpc) is 3.12. The lowest BCUT2D eigenvalue weighted by Crippen LogP contribution is -2.38. The summed E-state index contributed by atoms with van der Waals surface area (Å²) in [6, 6.07) is 9.81. The van der Waals surface area contributed by atoms with Crippen LogP contribution in [0.2, 0.25) is 0 Å². The molecule has 0 saturated heterocycles. The number of likely N-dealkylation sites (N-methyl/N-ethyl adjacent to an activating group) is 1. The van der Waals surface area contributed by atoms with Crippen molar-refractivity contribution in [3.8, 4) is 0 Å². The molecular weight excluding hydrogens is 456 g/mol. The van der Waals surface area contributed by atoms with Crippen LogP contribution in [-0.2, 0) is 22.6 Å². The largest absolute Gasteiger partial charge is 0.459 e. The van der Waals surface area contributed by atoms with Crippen molar-refractivity contribution >= 4 is 34.9 Å². The molecule has 1 aliphatic rings. The monoisotopic (exact) mass is 490 g/mol. The summed E-state index contributed by atoms with van der Waals surface area (Å²) in [5, 5.41) is 4.39. The number of carbonyl (C=O) groups excluding carboxylic acids is 2. The van der Waals surface area contributed by atoms with E-state index in [1.54, 1.807) is 29.1 Å². The lowest BCUT2D eigenvalue weighted by Gasteiger charge is -2.29. The summed E-state index contributed by atoms with van der Waals surface area (Å²) < 4.78 is 11.5. The van der Waals surface area contributed by atoms with Crippen LogP contribution in [0, 0.1) is 6.92 Å². The number of anilines is 1. The van der Waals surface area contributed by atoms with Gasteiger partial charge in [0.05, 0.1) is 13.1 Å². The Morgan fingerprint density at radius 3 is 2.81 bits per heavy atom. The minimum atomic E-state index is -0.559. The normalized spacial score (nSPS) is 14.2. The number of furan rings is 1. The molecule has 0 saturated carbocycles. The first-order valence-electron chi connectivity index (χ1n) is 12.2. The van der Waals surface area contributed by atoms with E-state index in [2.05, 4.69) is 10.3 Å². The highest BCUT2D eigenvalue weighted by molar-refractivity contribution is 5.91. The van der Waals surface area contributed by atoms with Crippen LogP contribution < -0.4 is 5.32 Å². The van der Waals surface area contributed by atoms with E-state index >= 15 is 0 Å². The van der Waals surface area contributed by atoms with E-state index in [0.717, 1.165) is 45.7 Å². The number of nitrogens with one attached hydrogen (secondary N) is 1. The number of benzene rings is 1. The van der Waals surface area contributed by atoms with Gasteiger partial charge in [-0.25, -0.2) is 9.78 Å². The topological polar surface area (TPSA) is 87.9 Å². The minimum absolute atomic E-state index is 0.143. The smallest absolute Gasteiger partial charge is 0.410 e. The number of nitrogens with zero attached hydrogens (tertiary/aromatic N) is 3. The second-order valence-corrected chi connectivity index (χ2v) is 10.1. The summed E-state index contributed by atoms with van der Waals surface area (Å²) >= 11 is 0. The molecule has 2 amide bonds. The molecule has 0 bridgehead atoms. The summed E-state index contributed by atoms with van der Waals surface area (Å²) in [6.07, 6.45) is 5.46. The number of carbonyl (C=O) groups is 2. The van der Waals surface area contributed by atoms with Gasteiger partial charge in [0.15, 0.2) is 0 Å². The molecule has 8 nitrogen and oxygen atoms in total. The third kappa shape index (κ3) is 6.05. The fourth-order valence-electron chi connectivity index (χ4n) is 4.11. The van der Waals surface area contributed by atoms with Crippen molar-refractivity contribution < 1.29 is 18.7 Å². The van der Waals surface area contributed by atoms with Crippen LogP contribution in [0.3, 0.4) is 0 Å². The maximum atomic E-state index is 12.8. The molecular formula is C28H34N4O4. The summed E-state index contributed by atoms with van der Waals surface area (Å²) in [7, 11) is 1.75. The molecule has 0 atom stereocenters. The Bertz CT molecular complexity index is 1290. The van der Waals surface area contributed by atoms with Gasteiger partial charge in [-0.05, 0) is 57.9 Å². The zero-order chi connectivity index (χ0) is 25.9. The summed E-state index contributed by atoms with van der Waals surface area (Å²) in [5.74, 6) is 1.37. The van der Waals surface area contributed by atoms with E-state index in [1.165, 1.54) is 6.08 Å². The third-order valence-electron chi connectivity index (χ3n) is 6.02. The molecule has 0 spiro atoms. The van der Waals surface area contributed by atoms with Crippen LogP contribution in [0.25, 0.3) is 17.0 Å². The lowest BCUT2D eigenvalue weighted by atomic mass is 10.1. The molecule has 3 heterocycles. The van der Waals surface area contributed by atoms with Gasteiger partial charge in [0.2, 0.25) is 5.91 Å². The van der Waals surface area contributed by atoms with Gasteiger partial charge in [0.1, 0.15) is 22.8 Å². The Morgan fingerprint density at radius 2 is 2.06 bits per heavy atom. The van der Waals surface area contributed by atoms with Crippen molar-refractivity contribution in [1.29, 1.82) is 0 Å².